The normalized spacial score (nSPS) is 14.4. The molecule has 6 nitrogen and oxygen atoms in total. The predicted octanol–water partition coefficient (Wildman–Crippen LogP) is 5.53. The zero-order chi connectivity index (χ0) is 24.9. The summed E-state index contributed by atoms with van der Waals surface area (Å²) in [4.78, 5) is 32.0. The molecule has 1 saturated heterocycles. The topological polar surface area (TPSA) is 55.3 Å². The van der Waals surface area contributed by atoms with E-state index >= 15 is 0 Å². The number of carbonyl (C=O) groups is 2. The lowest BCUT2D eigenvalue weighted by Crippen LogP contribution is -2.41. The summed E-state index contributed by atoms with van der Waals surface area (Å²) < 4.78 is 4.52. The average molecular weight is 500 g/mol. The van der Waals surface area contributed by atoms with Crippen LogP contribution < -0.4 is 0 Å². The smallest absolute Gasteiger partial charge is 0.390 e. The van der Waals surface area contributed by atoms with Crippen LogP contribution in [0.25, 0.3) is 9.69 Å². The van der Waals surface area contributed by atoms with Gasteiger partial charge in [-0.1, -0.05) is 47.5 Å². The summed E-state index contributed by atoms with van der Waals surface area (Å²) in [5.41, 5.74) is 1.88. The molecule has 0 bridgehead atoms. The van der Waals surface area contributed by atoms with Gasteiger partial charge in [-0.25, -0.2) is 17.9 Å². The van der Waals surface area contributed by atoms with Crippen molar-refractivity contribution in [3.8, 4) is 0 Å². The van der Waals surface area contributed by atoms with Gasteiger partial charge in [0.2, 0.25) is 0 Å². The van der Waals surface area contributed by atoms with Gasteiger partial charge in [0.25, 0.3) is 0 Å². The van der Waals surface area contributed by atoms with Crippen LogP contribution in [0.2, 0.25) is 10.0 Å². The van der Waals surface area contributed by atoms with Crippen LogP contribution in [0.1, 0.15) is 30.4 Å². The molecule has 3 rings (SSSR count). The molecule has 2 unspecified atom stereocenters. The highest BCUT2D eigenvalue weighted by molar-refractivity contribution is 6.30. The van der Waals surface area contributed by atoms with Gasteiger partial charge < -0.3 is 19.3 Å². The largest absolute Gasteiger partial charge is 0.463 e. The van der Waals surface area contributed by atoms with E-state index in [2.05, 4.69) is 14.4 Å². The van der Waals surface area contributed by atoms with Crippen molar-refractivity contribution >= 4 is 35.1 Å². The molecule has 0 spiro atoms. The van der Waals surface area contributed by atoms with Gasteiger partial charge in [0.05, 0.1) is 20.0 Å². The molecule has 0 aromatic heterocycles. The molecule has 1 heterocycles. The third kappa shape index (κ3) is 8.71. The van der Waals surface area contributed by atoms with E-state index in [-0.39, 0.29) is 5.91 Å². The van der Waals surface area contributed by atoms with Gasteiger partial charge in [-0.05, 0) is 54.7 Å². The lowest BCUT2D eigenvalue weighted by molar-refractivity contribution is -0.141. The Morgan fingerprint density at radius 2 is 1.29 bits per heavy atom. The van der Waals surface area contributed by atoms with Crippen molar-refractivity contribution in [3.05, 3.63) is 92.5 Å². The van der Waals surface area contributed by atoms with E-state index in [0.29, 0.717) is 22.9 Å². The maximum Gasteiger partial charge on any atom is 0.390 e. The van der Waals surface area contributed by atoms with E-state index in [0.717, 1.165) is 37.1 Å². The maximum atomic E-state index is 12.3. The highest BCUT2D eigenvalue weighted by Gasteiger charge is 2.30. The molecule has 0 radical (unpaired) electrons. The number of carbonyl (C=O) groups excluding carboxylic acids is 2. The summed E-state index contributed by atoms with van der Waals surface area (Å²) in [6.45, 7) is 15.7. The Hall–Kier alpha value is -3.06. The van der Waals surface area contributed by atoms with Crippen molar-refractivity contribution < 1.29 is 14.3 Å². The second-order valence-electron chi connectivity index (χ2n) is 7.86. The van der Waals surface area contributed by atoms with Crippen LogP contribution in [0.3, 0.4) is 0 Å². The molecule has 2 aromatic rings. The van der Waals surface area contributed by atoms with Gasteiger partial charge in [0, 0.05) is 23.1 Å². The second-order valence-corrected chi connectivity index (χ2v) is 8.73. The third-order valence-corrected chi connectivity index (χ3v) is 5.93. The number of piperidine rings is 1. The molecule has 1 fully saturated rings. The Balaban J connectivity index is 0.000000248. The zero-order valence-electron chi connectivity index (χ0n) is 19.0. The van der Waals surface area contributed by atoms with Crippen molar-refractivity contribution in [3.63, 3.8) is 0 Å². The molecule has 1 aliphatic rings. The number of nitrogens with zero attached hydrogens (tertiary/aromatic N) is 3. The van der Waals surface area contributed by atoms with Crippen molar-refractivity contribution in [1.29, 1.82) is 0 Å². The Bertz CT molecular complexity index is 1020. The number of hydrogen-bond donors (Lipinski definition) is 0. The predicted molar refractivity (Wildman–Crippen MR) is 134 cm³/mol. The summed E-state index contributed by atoms with van der Waals surface area (Å²) in [6, 6.07) is 13.0. The third-order valence-electron chi connectivity index (χ3n) is 5.42. The van der Waals surface area contributed by atoms with E-state index < -0.39 is 18.1 Å². The Morgan fingerprint density at radius 3 is 1.71 bits per heavy atom. The number of rotatable bonds is 6. The number of hydrogen-bond acceptors (Lipinski definition) is 3. The van der Waals surface area contributed by atoms with Gasteiger partial charge in [0.15, 0.2) is 0 Å². The minimum Gasteiger partial charge on any atom is -0.463 e. The first-order valence-electron chi connectivity index (χ1n) is 11.0. The Kier molecular flexibility index (Phi) is 11.4. The standard InChI is InChI=1S/C15H17ClN2O.C11H10ClNO2/c1-17-14(11-12-5-7-13(16)8-6-12)15(19)18-9-3-2-4-10-18;1-13-10(11(14)15-2)7-8-3-5-9(12)6-4-8/h5-8,14H,2-4,9-11H2;3-6,10H,7H2,2H3. The van der Waals surface area contributed by atoms with Crippen molar-refractivity contribution in [1.82, 2.24) is 4.90 Å². The zero-order valence-corrected chi connectivity index (χ0v) is 20.6. The molecule has 2 aromatic carbocycles. The number of likely N-dealkylation sites (tertiary alicyclic amines) is 1. The molecule has 0 aliphatic carbocycles. The molecule has 178 valence electrons. The fourth-order valence-corrected chi connectivity index (χ4v) is 3.77. The van der Waals surface area contributed by atoms with Crippen LogP contribution in [-0.4, -0.2) is 49.1 Å². The Labute approximate surface area is 211 Å². The van der Waals surface area contributed by atoms with E-state index in [1.54, 1.807) is 36.4 Å². The van der Waals surface area contributed by atoms with Crippen LogP contribution in [0.4, 0.5) is 0 Å². The number of ether oxygens (including phenoxy) is 1. The fourth-order valence-electron chi connectivity index (χ4n) is 3.52. The van der Waals surface area contributed by atoms with Crippen LogP contribution >= 0.6 is 23.2 Å². The van der Waals surface area contributed by atoms with Gasteiger partial charge in [-0.2, -0.15) is 0 Å². The van der Waals surface area contributed by atoms with Crippen molar-refractivity contribution in [2.24, 2.45) is 0 Å². The van der Waals surface area contributed by atoms with Crippen LogP contribution in [0, 0.1) is 13.1 Å². The highest BCUT2D eigenvalue weighted by atomic mass is 35.5. The fraction of sp³-hybridized carbons (Fsp3) is 0.385. The van der Waals surface area contributed by atoms with E-state index in [1.165, 1.54) is 13.5 Å². The number of halogens is 2. The van der Waals surface area contributed by atoms with E-state index in [1.807, 2.05) is 17.0 Å². The number of esters is 1. The SMILES string of the molecule is [C-]#[N+]C(Cc1ccc(Cl)cc1)C(=O)N1CCCCC1.[C-]#[N+]C(Cc1ccc(Cl)cc1)C(=O)OC. The monoisotopic (exact) mass is 499 g/mol. The average Bonchev–Trinajstić information content (AvgIpc) is 2.88. The molecular weight excluding hydrogens is 473 g/mol. The van der Waals surface area contributed by atoms with Crippen LogP contribution in [0.5, 0.6) is 0 Å². The molecule has 1 aliphatic heterocycles. The second kappa shape index (κ2) is 14.3. The van der Waals surface area contributed by atoms with E-state index in [9.17, 15) is 9.59 Å². The maximum absolute atomic E-state index is 12.3. The quantitative estimate of drug-likeness (QED) is 0.388. The van der Waals surface area contributed by atoms with Crippen LogP contribution in [0.15, 0.2) is 48.5 Å². The summed E-state index contributed by atoms with van der Waals surface area (Å²) in [7, 11) is 1.28. The van der Waals surface area contributed by atoms with Gasteiger partial charge in [-0.3, -0.25) is 4.79 Å². The lowest BCUT2D eigenvalue weighted by Gasteiger charge is -2.26. The van der Waals surface area contributed by atoms with Gasteiger partial charge >= 0.3 is 24.0 Å². The molecule has 8 heteroatoms. The number of amides is 1. The minimum atomic E-state index is -0.767. The summed E-state index contributed by atoms with van der Waals surface area (Å²) >= 11 is 11.6. The van der Waals surface area contributed by atoms with Crippen molar-refractivity contribution in [2.45, 2.75) is 44.2 Å². The molecule has 34 heavy (non-hydrogen) atoms. The molecule has 0 N–H and O–H groups in total. The summed E-state index contributed by atoms with van der Waals surface area (Å²) in [5.74, 6) is -0.524. The lowest BCUT2D eigenvalue weighted by atomic mass is 10.0. The van der Waals surface area contributed by atoms with Gasteiger partial charge in [0.1, 0.15) is 0 Å². The summed E-state index contributed by atoms with van der Waals surface area (Å²) in [5, 5.41) is 1.31. The molecule has 1 amide bonds. The Morgan fingerprint density at radius 1 is 0.853 bits per heavy atom. The van der Waals surface area contributed by atoms with Gasteiger partial charge in [-0.15, -0.1) is 0 Å². The van der Waals surface area contributed by atoms with Crippen LogP contribution in [-0.2, 0) is 27.2 Å². The molecular formula is C26H27Cl2N3O3. The summed E-state index contributed by atoms with van der Waals surface area (Å²) in [6.07, 6.45) is 4.11. The van der Waals surface area contributed by atoms with Crippen molar-refractivity contribution in [2.75, 3.05) is 20.2 Å². The minimum absolute atomic E-state index is 0.0235. The molecule has 2 atom stereocenters. The van der Waals surface area contributed by atoms with E-state index in [4.69, 9.17) is 36.3 Å². The first kappa shape index (κ1) is 27.2. The number of benzene rings is 2. The molecule has 0 saturated carbocycles. The first-order chi connectivity index (χ1) is 16.4. The first-order valence-corrected chi connectivity index (χ1v) is 11.7. The number of methoxy groups -OCH3 is 1. The highest BCUT2D eigenvalue weighted by Crippen LogP contribution is 2.16.